The molecule has 5 nitrogen and oxygen atoms in total. The molecule has 0 aliphatic rings. The molecule has 0 atom stereocenters. The van der Waals surface area contributed by atoms with Crippen LogP contribution < -0.4 is 5.32 Å². The van der Waals surface area contributed by atoms with Crippen molar-refractivity contribution in [1.82, 2.24) is 14.8 Å². The van der Waals surface area contributed by atoms with E-state index in [-0.39, 0.29) is 16.9 Å². The van der Waals surface area contributed by atoms with E-state index in [0.29, 0.717) is 5.02 Å². The lowest BCUT2D eigenvalue weighted by Gasteiger charge is -2.14. The molecule has 0 aliphatic heterocycles. The summed E-state index contributed by atoms with van der Waals surface area (Å²) in [6.07, 6.45) is -1.99. The number of aromatic nitrogens is 3. The fourth-order valence-corrected chi connectivity index (χ4v) is 2.36. The number of nitrogens with one attached hydrogen (secondary N) is 1. The third-order valence-corrected chi connectivity index (χ3v) is 3.56. The number of amides is 1. The summed E-state index contributed by atoms with van der Waals surface area (Å²) in [4.78, 5) is 16.1. The monoisotopic (exact) mass is 366 g/mol. The smallest absolute Gasteiger partial charge is 0.320 e. The molecular formula is C16H10ClF3N4O. The standard InChI is InChI=1S/C16H10ClF3N4O/c17-12-3-1-2-10(6-12)15(25)23-13-7-11(16(18,19)20)4-5-14(13)24-9-21-8-22-24/h1-9H,(H,23,25). The van der Waals surface area contributed by atoms with Gasteiger partial charge in [-0.25, -0.2) is 9.67 Å². The lowest BCUT2D eigenvalue weighted by atomic mass is 10.1. The van der Waals surface area contributed by atoms with E-state index < -0.39 is 17.6 Å². The summed E-state index contributed by atoms with van der Waals surface area (Å²) in [5, 5.41) is 6.69. The van der Waals surface area contributed by atoms with Gasteiger partial charge in [0.15, 0.2) is 0 Å². The summed E-state index contributed by atoms with van der Waals surface area (Å²) in [7, 11) is 0. The second-order valence-electron chi connectivity index (χ2n) is 5.03. The van der Waals surface area contributed by atoms with Crippen LogP contribution in [0.25, 0.3) is 5.69 Å². The molecule has 3 rings (SSSR count). The zero-order valence-electron chi connectivity index (χ0n) is 12.5. The van der Waals surface area contributed by atoms with Gasteiger partial charge in [0.25, 0.3) is 5.91 Å². The van der Waals surface area contributed by atoms with Crippen molar-refractivity contribution in [2.24, 2.45) is 0 Å². The number of rotatable bonds is 3. The Bertz CT molecular complexity index is 910. The second-order valence-corrected chi connectivity index (χ2v) is 5.47. The molecule has 9 heteroatoms. The van der Waals surface area contributed by atoms with Gasteiger partial charge < -0.3 is 5.32 Å². The van der Waals surface area contributed by atoms with Gasteiger partial charge in [-0.1, -0.05) is 17.7 Å². The van der Waals surface area contributed by atoms with Crippen molar-refractivity contribution in [2.45, 2.75) is 6.18 Å². The van der Waals surface area contributed by atoms with Gasteiger partial charge in [0.1, 0.15) is 12.7 Å². The lowest BCUT2D eigenvalue weighted by Crippen LogP contribution is -2.15. The molecule has 1 heterocycles. The fourth-order valence-electron chi connectivity index (χ4n) is 2.17. The summed E-state index contributed by atoms with van der Waals surface area (Å²) < 4.78 is 40.2. The minimum absolute atomic E-state index is 0.0506. The van der Waals surface area contributed by atoms with Gasteiger partial charge in [0.2, 0.25) is 0 Å². The van der Waals surface area contributed by atoms with Crippen LogP contribution in [0.4, 0.5) is 18.9 Å². The van der Waals surface area contributed by atoms with E-state index in [4.69, 9.17) is 11.6 Å². The number of carbonyl (C=O) groups is 1. The van der Waals surface area contributed by atoms with Crippen molar-refractivity contribution in [2.75, 3.05) is 5.32 Å². The average molecular weight is 367 g/mol. The summed E-state index contributed by atoms with van der Waals surface area (Å²) in [5.74, 6) is -0.594. The van der Waals surface area contributed by atoms with E-state index in [1.54, 1.807) is 12.1 Å². The first kappa shape index (κ1) is 17.0. The second kappa shape index (κ2) is 6.56. The molecule has 3 aromatic rings. The number of carbonyl (C=O) groups excluding carboxylic acids is 1. The van der Waals surface area contributed by atoms with Crippen LogP contribution in [0.5, 0.6) is 0 Å². The zero-order valence-corrected chi connectivity index (χ0v) is 13.2. The van der Waals surface area contributed by atoms with Crippen molar-refractivity contribution in [3.05, 3.63) is 71.3 Å². The van der Waals surface area contributed by atoms with Crippen LogP contribution in [0.1, 0.15) is 15.9 Å². The highest BCUT2D eigenvalue weighted by molar-refractivity contribution is 6.31. The maximum atomic E-state index is 13.0. The minimum atomic E-state index is -4.55. The minimum Gasteiger partial charge on any atom is -0.320 e. The van der Waals surface area contributed by atoms with E-state index in [9.17, 15) is 18.0 Å². The Kier molecular flexibility index (Phi) is 4.45. The molecular weight excluding hydrogens is 357 g/mol. The molecule has 128 valence electrons. The van der Waals surface area contributed by atoms with E-state index in [2.05, 4.69) is 15.4 Å². The molecule has 1 N–H and O–H groups in total. The predicted molar refractivity (Wildman–Crippen MR) is 85.8 cm³/mol. The third-order valence-electron chi connectivity index (χ3n) is 3.32. The fraction of sp³-hybridized carbons (Fsp3) is 0.0625. The Morgan fingerprint density at radius 2 is 1.96 bits per heavy atom. The van der Waals surface area contributed by atoms with Gasteiger partial charge in [0, 0.05) is 10.6 Å². The van der Waals surface area contributed by atoms with E-state index >= 15 is 0 Å². The topological polar surface area (TPSA) is 59.8 Å². The molecule has 0 radical (unpaired) electrons. The van der Waals surface area contributed by atoms with Crippen molar-refractivity contribution in [3.63, 3.8) is 0 Å². The lowest BCUT2D eigenvalue weighted by molar-refractivity contribution is -0.137. The summed E-state index contributed by atoms with van der Waals surface area (Å²) in [6, 6.07) is 9.05. The largest absolute Gasteiger partial charge is 0.416 e. The van der Waals surface area contributed by atoms with Crippen LogP contribution >= 0.6 is 11.6 Å². The Labute approximate surface area is 145 Å². The first-order valence-corrected chi connectivity index (χ1v) is 7.35. The summed E-state index contributed by atoms with van der Waals surface area (Å²) >= 11 is 5.84. The van der Waals surface area contributed by atoms with Crippen LogP contribution in [0, 0.1) is 0 Å². The molecule has 1 aromatic heterocycles. The van der Waals surface area contributed by atoms with Crippen LogP contribution in [0.2, 0.25) is 5.02 Å². The molecule has 1 amide bonds. The third kappa shape index (κ3) is 3.80. The summed E-state index contributed by atoms with van der Waals surface area (Å²) in [5.41, 5.74) is -0.474. The van der Waals surface area contributed by atoms with Crippen LogP contribution in [0.3, 0.4) is 0 Å². The molecule has 0 bridgehead atoms. The van der Waals surface area contributed by atoms with Gasteiger partial charge in [-0.3, -0.25) is 4.79 Å². The van der Waals surface area contributed by atoms with Crippen LogP contribution in [0.15, 0.2) is 55.1 Å². The van der Waals surface area contributed by atoms with Gasteiger partial charge >= 0.3 is 6.18 Å². The molecule has 2 aromatic carbocycles. The number of halogens is 4. The van der Waals surface area contributed by atoms with E-state index in [1.165, 1.54) is 35.5 Å². The number of nitrogens with zero attached hydrogens (tertiary/aromatic N) is 3. The Hall–Kier alpha value is -2.87. The quantitative estimate of drug-likeness (QED) is 0.756. The van der Waals surface area contributed by atoms with Gasteiger partial charge in [-0.2, -0.15) is 18.3 Å². The predicted octanol–water partition coefficient (Wildman–Crippen LogP) is 4.19. The molecule has 25 heavy (non-hydrogen) atoms. The highest BCUT2D eigenvalue weighted by atomic mass is 35.5. The highest BCUT2D eigenvalue weighted by Crippen LogP contribution is 2.33. The molecule has 0 saturated carbocycles. The number of hydrogen-bond donors (Lipinski definition) is 1. The van der Waals surface area contributed by atoms with Gasteiger partial charge in [-0.05, 0) is 36.4 Å². The zero-order chi connectivity index (χ0) is 18.0. The van der Waals surface area contributed by atoms with Crippen molar-refractivity contribution < 1.29 is 18.0 Å². The number of alkyl halides is 3. The maximum Gasteiger partial charge on any atom is 0.416 e. The van der Waals surface area contributed by atoms with Crippen molar-refractivity contribution in [1.29, 1.82) is 0 Å². The number of benzene rings is 2. The first-order chi connectivity index (χ1) is 11.8. The van der Waals surface area contributed by atoms with E-state index in [0.717, 1.165) is 12.1 Å². The first-order valence-electron chi connectivity index (χ1n) is 6.98. The molecule has 0 unspecified atom stereocenters. The Morgan fingerprint density at radius 3 is 2.60 bits per heavy atom. The van der Waals surface area contributed by atoms with Crippen LogP contribution in [-0.2, 0) is 6.18 Å². The summed E-state index contributed by atoms with van der Waals surface area (Å²) in [6.45, 7) is 0. The van der Waals surface area contributed by atoms with Crippen LogP contribution in [-0.4, -0.2) is 20.7 Å². The Balaban J connectivity index is 2.01. The number of hydrogen-bond acceptors (Lipinski definition) is 3. The SMILES string of the molecule is O=C(Nc1cc(C(F)(F)F)ccc1-n1cncn1)c1cccc(Cl)c1. The van der Waals surface area contributed by atoms with E-state index in [1.807, 2.05) is 0 Å². The molecule has 0 spiro atoms. The average Bonchev–Trinajstić information content (AvgIpc) is 3.08. The van der Waals surface area contributed by atoms with Gasteiger partial charge in [0.05, 0.1) is 16.9 Å². The Morgan fingerprint density at radius 1 is 1.16 bits per heavy atom. The molecule has 0 saturated heterocycles. The molecule has 0 fully saturated rings. The maximum absolute atomic E-state index is 13.0. The highest BCUT2D eigenvalue weighted by Gasteiger charge is 2.31. The normalized spacial score (nSPS) is 11.4. The van der Waals surface area contributed by atoms with Crippen molar-refractivity contribution >= 4 is 23.2 Å². The number of anilines is 1. The van der Waals surface area contributed by atoms with Gasteiger partial charge in [-0.15, -0.1) is 0 Å². The molecule has 0 aliphatic carbocycles. The van der Waals surface area contributed by atoms with Crippen molar-refractivity contribution in [3.8, 4) is 5.69 Å².